The molecule has 3 N–H and O–H groups in total. The van der Waals surface area contributed by atoms with Gasteiger partial charge >= 0.3 is 0 Å². The molecule has 1 amide bonds. The van der Waals surface area contributed by atoms with Crippen molar-refractivity contribution in [3.63, 3.8) is 0 Å². The van der Waals surface area contributed by atoms with Crippen LogP contribution in [0.1, 0.15) is 0 Å². The summed E-state index contributed by atoms with van der Waals surface area (Å²) in [6.45, 7) is -0.133. The van der Waals surface area contributed by atoms with E-state index < -0.39 is 12.0 Å². The Balaban J connectivity index is 3.06. The van der Waals surface area contributed by atoms with Gasteiger partial charge in [0.2, 0.25) is 0 Å². The van der Waals surface area contributed by atoms with E-state index in [9.17, 15) is 9.90 Å². The minimum Gasteiger partial charge on any atom is -0.495 e. The fourth-order valence-electron chi connectivity index (χ4n) is 1.37. The van der Waals surface area contributed by atoms with Gasteiger partial charge in [-0.05, 0) is 18.2 Å². The Morgan fingerprint density at radius 3 is 2.82 bits per heavy atom. The van der Waals surface area contributed by atoms with E-state index in [4.69, 9.17) is 22.1 Å². The molecule has 1 aromatic carbocycles. The van der Waals surface area contributed by atoms with Gasteiger partial charge in [-0.1, -0.05) is 11.6 Å². The van der Waals surface area contributed by atoms with Crippen LogP contribution in [0.4, 0.5) is 5.69 Å². The summed E-state index contributed by atoms with van der Waals surface area (Å²) in [4.78, 5) is 13.0. The first-order valence-electron chi connectivity index (χ1n) is 5.00. The quantitative estimate of drug-likeness (QED) is 0.831. The van der Waals surface area contributed by atoms with E-state index in [-0.39, 0.29) is 6.54 Å². The second kappa shape index (κ2) is 5.86. The first-order valence-corrected chi connectivity index (χ1v) is 5.38. The third kappa shape index (κ3) is 3.09. The standard InChI is InChI=1S/C11H15ClN2O3/c1-14(11(16)9(15)6-13)8-5-7(12)3-4-10(8)17-2/h3-5,9,15H,6,13H2,1-2H3. The van der Waals surface area contributed by atoms with Gasteiger partial charge in [-0.15, -0.1) is 0 Å². The smallest absolute Gasteiger partial charge is 0.256 e. The normalized spacial score (nSPS) is 12.1. The monoisotopic (exact) mass is 258 g/mol. The summed E-state index contributed by atoms with van der Waals surface area (Å²) in [5, 5.41) is 9.88. The highest BCUT2D eigenvalue weighted by molar-refractivity contribution is 6.31. The van der Waals surface area contributed by atoms with Crippen LogP contribution in [-0.2, 0) is 4.79 Å². The molecule has 5 nitrogen and oxygen atoms in total. The number of hydrogen-bond acceptors (Lipinski definition) is 4. The van der Waals surface area contributed by atoms with E-state index in [1.54, 1.807) is 18.2 Å². The summed E-state index contributed by atoms with van der Waals surface area (Å²) in [7, 11) is 3.01. The maximum atomic E-state index is 11.8. The molecule has 1 unspecified atom stereocenters. The molecule has 17 heavy (non-hydrogen) atoms. The molecule has 0 fully saturated rings. The number of methoxy groups -OCH3 is 1. The fourth-order valence-corrected chi connectivity index (χ4v) is 1.53. The van der Waals surface area contributed by atoms with Crippen molar-refractivity contribution in [1.82, 2.24) is 0 Å². The zero-order valence-corrected chi connectivity index (χ0v) is 10.4. The van der Waals surface area contributed by atoms with Crippen molar-refractivity contribution >= 4 is 23.2 Å². The molecule has 0 saturated carbocycles. The van der Waals surface area contributed by atoms with Gasteiger partial charge in [-0.25, -0.2) is 0 Å². The molecule has 94 valence electrons. The van der Waals surface area contributed by atoms with E-state index in [1.165, 1.54) is 19.1 Å². The van der Waals surface area contributed by atoms with Crippen LogP contribution >= 0.6 is 11.6 Å². The van der Waals surface area contributed by atoms with Crippen LogP contribution < -0.4 is 15.4 Å². The Hall–Kier alpha value is -1.30. The van der Waals surface area contributed by atoms with Crippen LogP contribution in [0.2, 0.25) is 5.02 Å². The molecule has 0 aliphatic carbocycles. The molecule has 6 heteroatoms. The van der Waals surface area contributed by atoms with Gasteiger partial charge in [-0.3, -0.25) is 4.79 Å². The Labute approximate surface area is 105 Å². The first kappa shape index (κ1) is 13.8. The number of aliphatic hydroxyl groups is 1. The van der Waals surface area contributed by atoms with Crippen molar-refractivity contribution in [2.75, 3.05) is 25.6 Å². The molecule has 0 aromatic heterocycles. The predicted octanol–water partition coefficient (Wildman–Crippen LogP) is 0.631. The van der Waals surface area contributed by atoms with Crippen molar-refractivity contribution in [3.05, 3.63) is 23.2 Å². The summed E-state index contributed by atoms with van der Waals surface area (Å²) >= 11 is 5.86. The van der Waals surface area contributed by atoms with Crippen LogP contribution in [0.25, 0.3) is 0 Å². The molecule has 1 aromatic rings. The van der Waals surface area contributed by atoms with Crippen molar-refractivity contribution in [2.45, 2.75) is 6.10 Å². The zero-order chi connectivity index (χ0) is 13.0. The number of amides is 1. The maximum absolute atomic E-state index is 11.8. The summed E-state index contributed by atoms with van der Waals surface area (Å²) in [5.41, 5.74) is 5.72. The average molecular weight is 259 g/mol. The molecule has 0 spiro atoms. The van der Waals surface area contributed by atoms with Crippen LogP contribution in [0.15, 0.2) is 18.2 Å². The van der Waals surface area contributed by atoms with Gasteiger partial charge in [-0.2, -0.15) is 0 Å². The van der Waals surface area contributed by atoms with Crippen molar-refractivity contribution in [1.29, 1.82) is 0 Å². The lowest BCUT2D eigenvalue weighted by Crippen LogP contribution is -2.40. The number of benzene rings is 1. The van der Waals surface area contributed by atoms with Gasteiger partial charge in [0.25, 0.3) is 5.91 Å². The number of ether oxygens (including phenoxy) is 1. The van der Waals surface area contributed by atoms with Crippen LogP contribution in [-0.4, -0.2) is 37.8 Å². The third-order valence-corrected chi connectivity index (χ3v) is 2.58. The zero-order valence-electron chi connectivity index (χ0n) is 9.68. The lowest BCUT2D eigenvalue weighted by molar-refractivity contribution is -0.125. The van der Waals surface area contributed by atoms with E-state index in [0.29, 0.717) is 16.5 Å². The molecular formula is C11H15ClN2O3. The highest BCUT2D eigenvalue weighted by Crippen LogP contribution is 2.30. The summed E-state index contributed by atoms with van der Waals surface area (Å²) < 4.78 is 5.12. The number of anilines is 1. The molecule has 0 aliphatic heterocycles. The molecule has 1 rings (SSSR count). The van der Waals surface area contributed by atoms with E-state index in [0.717, 1.165) is 0 Å². The summed E-state index contributed by atoms with van der Waals surface area (Å²) in [6.07, 6.45) is -1.23. The Morgan fingerprint density at radius 1 is 1.65 bits per heavy atom. The van der Waals surface area contributed by atoms with Crippen LogP contribution in [0, 0.1) is 0 Å². The minimum atomic E-state index is -1.23. The maximum Gasteiger partial charge on any atom is 0.256 e. The SMILES string of the molecule is COc1ccc(Cl)cc1N(C)C(=O)C(O)CN. The Morgan fingerprint density at radius 2 is 2.29 bits per heavy atom. The second-order valence-corrected chi connectivity index (χ2v) is 3.90. The van der Waals surface area contributed by atoms with Gasteiger partial charge in [0.15, 0.2) is 0 Å². The number of aliphatic hydroxyl groups excluding tert-OH is 1. The molecule has 0 bridgehead atoms. The van der Waals surface area contributed by atoms with Gasteiger partial charge in [0.1, 0.15) is 11.9 Å². The Bertz CT molecular complexity index is 412. The van der Waals surface area contributed by atoms with Crippen LogP contribution in [0.5, 0.6) is 5.75 Å². The molecule has 0 saturated heterocycles. The number of nitrogens with zero attached hydrogens (tertiary/aromatic N) is 1. The van der Waals surface area contributed by atoms with Crippen LogP contribution in [0.3, 0.4) is 0 Å². The number of nitrogens with two attached hydrogens (primary N) is 1. The van der Waals surface area contributed by atoms with Gasteiger partial charge in [0, 0.05) is 18.6 Å². The Kier molecular flexibility index (Phi) is 4.74. The first-order chi connectivity index (χ1) is 8.01. The highest BCUT2D eigenvalue weighted by atomic mass is 35.5. The number of carbonyl (C=O) groups is 1. The number of likely N-dealkylation sites (N-methyl/N-ethyl adjacent to an activating group) is 1. The van der Waals surface area contributed by atoms with Gasteiger partial charge < -0.3 is 20.5 Å². The topological polar surface area (TPSA) is 75.8 Å². The molecule has 1 atom stereocenters. The molecule has 0 heterocycles. The lowest BCUT2D eigenvalue weighted by Gasteiger charge is -2.22. The highest BCUT2D eigenvalue weighted by Gasteiger charge is 2.21. The van der Waals surface area contributed by atoms with Gasteiger partial charge in [0.05, 0.1) is 12.8 Å². The molecule has 0 radical (unpaired) electrons. The third-order valence-electron chi connectivity index (χ3n) is 2.34. The number of halogens is 1. The lowest BCUT2D eigenvalue weighted by atomic mass is 10.2. The minimum absolute atomic E-state index is 0.133. The van der Waals surface area contributed by atoms with Crippen molar-refractivity contribution in [2.24, 2.45) is 5.73 Å². The molecule has 0 aliphatic rings. The summed E-state index contributed by atoms with van der Waals surface area (Å²) in [5.74, 6) is -0.0115. The molecular weight excluding hydrogens is 244 g/mol. The van der Waals surface area contributed by atoms with E-state index in [1.807, 2.05) is 0 Å². The van der Waals surface area contributed by atoms with E-state index in [2.05, 4.69) is 0 Å². The largest absolute Gasteiger partial charge is 0.495 e. The number of rotatable bonds is 4. The van der Waals surface area contributed by atoms with E-state index >= 15 is 0 Å². The number of carbonyl (C=O) groups excluding carboxylic acids is 1. The van der Waals surface area contributed by atoms with Crippen molar-refractivity contribution < 1.29 is 14.6 Å². The summed E-state index contributed by atoms with van der Waals surface area (Å²) in [6, 6.07) is 4.89. The van der Waals surface area contributed by atoms with Crippen molar-refractivity contribution in [3.8, 4) is 5.75 Å². The fraction of sp³-hybridized carbons (Fsp3) is 0.364. The second-order valence-electron chi connectivity index (χ2n) is 3.46. The number of hydrogen-bond donors (Lipinski definition) is 2. The average Bonchev–Trinajstić information content (AvgIpc) is 2.35. The predicted molar refractivity (Wildman–Crippen MR) is 66.5 cm³/mol.